The normalized spacial score (nSPS) is 12.0. The molecule has 294 valence electrons. The second-order valence-corrected chi connectivity index (χ2v) is 15.3. The quantitative estimate of drug-likeness (QED) is 0.0246. The van der Waals surface area contributed by atoms with Crippen molar-refractivity contribution in [2.45, 2.75) is 59.9 Å². The van der Waals surface area contributed by atoms with Crippen LogP contribution in [0.15, 0.2) is 108 Å². The SMILES string of the molecule is C=C(CCC[n+]1ccc(/C=C/c2ccc(OCC)c(O)c2)cc1)NCCSSCCNC(=O)CCCN=C/C=C(\C=C/C)/C=C/c1ccc(C)c(OCC)c1. The van der Waals surface area contributed by atoms with Crippen LogP contribution in [0.1, 0.15) is 68.7 Å². The maximum Gasteiger partial charge on any atom is 0.220 e. The molecule has 10 heteroatoms. The fraction of sp³-hybridized carbons (Fsp3) is 0.356. The highest BCUT2D eigenvalue weighted by molar-refractivity contribution is 8.76. The van der Waals surface area contributed by atoms with E-state index >= 15 is 0 Å². The van der Waals surface area contributed by atoms with E-state index in [9.17, 15) is 9.90 Å². The number of benzene rings is 2. The van der Waals surface area contributed by atoms with Crippen molar-refractivity contribution in [1.82, 2.24) is 10.6 Å². The molecule has 0 aliphatic rings. The van der Waals surface area contributed by atoms with Gasteiger partial charge in [-0.25, -0.2) is 4.57 Å². The average Bonchev–Trinajstić information content (AvgIpc) is 3.18. The molecule has 0 spiro atoms. The number of nitrogens with zero attached hydrogens (tertiary/aromatic N) is 2. The summed E-state index contributed by atoms with van der Waals surface area (Å²) in [7, 11) is 3.58. The third kappa shape index (κ3) is 19.0. The lowest BCUT2D eigenvalue weighted by Crippen LogP contribution is -2.32. The zero-order valence-corrected chi connectivity index (χ0v) is 34.6. The van der Waals surface area contributed by atoms with Crippen LogP contribution in [-0.4, -0.2) is 61.6 Å². The van der Waals surface area contributed by atoms with Crippen LogP contribution in [0.3, 0.4) is 0 Å². The number of aromatic hydroxyl groups is 1. The summed E-state index contributed by atoms with van der Waals surface area (Å²) in [6, 6.07) is 15.8. The fourth-order valence-electron chi connectivity index (χ4n) is 5.24. The van der Waals surface area contributed by atoms with E-state index in [0.717, 1.165) is 76.7 Å². The summed E-state index contributed by atoms with van der Waals surface area (Å²) < 4.78 is 13.3. The summed E-state index contributed by atoms with van der Waals surface area (Å²) in [4.78, 5) is 16.7. The largest absolute Gasteiger partial charge is 0.504 e. The first kappa shape index (κ1) is 44.7. The number of allylic oxidation sites excluding steroid dienone is 6. The van der Waals surface area contributed by atoms with E-state index in [1.807, 2.05) is 70.4 Å². The van der Waals surface area contributed by atoms with Crippen molar-refractivity contribution >= 4 is 51.9 Å². The Bertz CT molecular complexity index is 1770. The van der Waals surface area contributed by atoms with Gasteiger partial charge in [0.15, 0.2) is 23.9 Å². The molecule has 0 aliphatic heterocycles. The number of carbonyl (C=O) groups is 1. The van der Waals surface area contributed by atoms with Crippen molar-refractivity contribution in [2.75, 3.05) is 44.4 Å². The zero-order valence-electron chi connectivity index (χ0n) is 33.0. The number of aliphatic imine (C=N–C) groups is 1. The standard InChI is InChI=1S/C45H58N4O4S2/c1-6-11-38(16-19-41-15-14-36(4)44(35-41)53-8-3)22-26-46-25-9-13-45(51)48-28-33-55-54-32-27-47-37(5)12-10-29-49-30-23-39(24-31-49)17-18-40-20-21-43(52-7-2)42(50)34-40/h6,11,14-24,26,30-31,34-35,47H,5,7-10,12-13,25,27-29,32-33H2,1-4H3,(H-,48,50,51)/p+1/b11-6-,18-17+,19-16+,38-22+,46-26?. The van der Waals surface area contributed by atoms with Crippen LogP contribution >= 0.6 is 21.6 Å². The minimum atomic E-state index is 0.0734. The molecule has 3 aromatic rings. The molecule has 0 unspecified atom stereocenters. The van der Waals surface area contributed by atoms with Gasteiger partial charge in [-0.15, -0.1) is 0 Å². The van der Waals surface area contributed by atoms with Crippen molar-refractivity contribution in [3.8, 4) is 17.2 Å². The minimum Gasteiger partial charge on any atom is -0.504 e. The van der Waals surface area contributed by atoms with Gasteiger partial charge in [-0.3, -0.25) is 9.79 Å². The topological polar surface area (TPSA) is 96.1 Å². The Balaban J connectivity index is 1.18. The lowest BCUT2D eigenvalue weighted by Gasteiger charge is -2.08. The predicted molar refractivity (Wildman–Crippen MR) is 236 cm³/mol. The molecule has 3 rings (SSSR count). The van der Waals surface area contributed by atoms with E-state index in [2.05, 4.69) is 81.6 Å². The molecule has 1 heterocycles. The van der Waals surface area contributed by atoms with Crippen LogP contribution < -0.4 is 24.7 Å². The second kappa shape index (κ2) is 27.0. The summed E-state index contributed by atoms with van der Waals surface area (Å²) in [6.07, 6.45) is 23.3. The van der Waals surface area contributed by atoms with Gasteiger partial charge < -0.3 is 25.2 Å². The minimum absolute atomic E-state index is 0.0734. The smallest absolute Gasteiger partial charge is 0.220 e. The van der Waals surface area contributed by atoms with Crippen molar-refractivity contribution < 1.29 is 23.9 Å². The summed E-state index contributed by atoms with van der Waals surface area (Å²) >= 11 is 0. The molecule has 0 fully saturated rings. The number of amides is 1. The van der Waals surface area contributed by atoms with Gasteiger partial charge in [0.05, 0.1) is 13.2 Å². The molecule has 0 radical (unpaired) electrons. The summed E-state index contributed by atoms with van der Waals surface area (Å²) in [5.74, 6) is 3.47. The van der Waals surface area contributed by atoms with Gasteiger partial charge in [0.25, 0.3) is 0 Å². The third-order valence-electron chi connectivity index (χ3n) is 8.12. The highest BCUT2D eigenvalue weighted by Crippen LogP contribution is 2.27. The van der Waals surface area contributed by atoms with Gasteiger partial charge in [-0.2, -0.15) is 0 Å². The molecule has 0 aliphatic carbocycles. The third-order valence-corrected chi connectivity index (χ3v) is 10.5. The predicted octanol–water partition coefficient (Wildman–Crippen LogP) is 9.40. The fourth-order valence-corrected chi connectivity index (χ4v) is 7.05. The number of nitrogens with one attached hydrogen (secondary N) is 2. The van der Waals surface area contributed by atoms with Gasteiger partial charge in [-0.05, 0) is 92.6 Å². The molecule has 1 aromatic heterocycles. The first-order valence-electron chi connectivity index (χ1n) is 19.1. The molecule has 0 saturated heterocycles. The van der Waals surface area contributed by atoms with Gasteiger partial charge in [-0.1, -0.05) is 82.8 Å². The van der Waals surface area contributed by atoms with E-state index in [1.54, 1.807) is 33.7 Å². The number of phenols is 1. The average molecular weight is 784 g/mol. The van der Waals surface area contributed by atoms with Gasteiger partial charge in [0, 0.05) is 68.0 Å². The van der Waals surface area contributed by atoms with Gasteiger partial charge in [0.1, 0.15) is 12.3 Å². The van der Waals surface area contributed by atoms with Crippen molar-refractivity contribution in [2.24, 2.45) is 4.99 Å². The molecular weight excluding hydrogens is 725 g/mol. The molecular formula is C45H59N4O4S2+. The maximum atomic E-state index is 12.2. The van der Waals surface area contributed by atoms with Crippen LogP contribution in [0.5, 0.6) is 17.2 Å². The van der Waals surface area contributed by atoms with Gasteiger partial charge in [0.2, 0.25) is 5.91 Å². The van der Waals surface area contributed by atoms with Crippen molar-refractivity contribution in [3.63, 3.8) is 0 Å². The Morgan fingerprint density at radius 3 is 2.27 bits per heavy atom. The van der Waals surface area contributed by atoms with Crippen molar-refractivity contribution in [3.05, 3.63) is 125 Å². The number of aromatic nitrogens is 1. The first-order chi connectivity index (χ1) is 26.8. The number of phenolic OH excluding ortho intramolecular Hbond substituents is 1. The van der Waals surface area contributed by atoms with Crippen LogP contribution in [0.25, 0.3) is 18.2 Å². The van der Waals surface area contributed by atoms with E-state index < -0.39 is 0 Å². The number of hydrogen-bond donors (Lipinski definition) is 3. The molecule has 3 N–H and O–H groups in total. The number of ether oxygens (including phenoxy) is 2. The monoisotopic (exact) mass is 783 g/mol. The highest BCUT2D eigenvalue weighted by Gasteiger charge is 2.05. The number of pyridine rings is 1. The first-order valence-corrected chi connectivity index (χ1v) is 21.6. The highest BCUT2D eigenvalue weighted by atomic mass is 33.1. The summed E-state index contributed by atoms with van der Waals surface area (Å²) in [5, 5.41) is 16.5. The Hall–Kier alpha value is -4.67. The number of hydrogen-bond acceptors (Lipinski definition) is 8. The lowest BCUT2D eigenvalue weighted by atomic mass is 10.1. The molecule has 8 nitrogen and oxygen atoms in total. The maximum absolute atomic E-state index is 12.2. The molecule has 0 saturated carbocycles. The summed E-state index contributed by atoms with van der Waals surface area (Å²) in [6.45, 7) is 16.3. The van der Waals surface area contributed by atoms with Crippen LogP contribution in [0.4, 0.5) is 0 Å². The van der Waals surface area contributed by atoms with E-state index in [4.69, 9.17) is 9.47 Å². The van der Waals surface area contributed by atoms with E-state index in [0.29, 0.717) is 44.9 Å². The lowest BCUT2D eigenvalue weighted by molar-refractivity contribution is -0.697. The number of aryl methyl sites for hydroxylation is 2. The van der Waals surface area contributed by atoms with Crippen LogP contribution in [-0.2, 0) is 11.3 Å². The Morgan fingerprint density at radius 2 is 1.55 bits per heavy atom. The van der Waals surface area contributed by atoms with E-state index in [1.165, 1.54) is 0 Å². The van der Waals surface area contributed by atoms with Crippen molar-refractivity contribution in [1.29, 1.82) is 0 Å². The van der Waals surface area contributed by atoms with Crippen LogP contribution in [0, 0.1) is 6.92 Å². The Morgan fingerprint density at radius 1 is 0.855 bits per heavy atom. The van der Waals surface area contributed by atoms with Gasteiger partial charge >= 0.3 is 0 Å². The molecule has 1 amide bonds. The zero-order chi connectivity index (χ0) is 39.5. The molecule has 55 heavy (non-hydrogen) atoms. The second-order valence-electron chi connectivity index (χ2n) is 12.6. The number of carbonyl (C=O) groups excluding carboxylic acids is 1. The molecule has 2 aromatic carbocycles. The molecule has 0 bridgehead atoms. The number of rotatable bonds is 26. The Labute approximate surface area is 337 Å². The van der Waals surface area contributed by atoms with E-state index in [-0.39, 0.29) is 11.7 Å². The molecule has 0 atom stereocenters. The summed E-state index contributed by atoms with van der Waals surface area (Å²) in [5.41, 5.74) is 6.32. The Kier molecular flexibility index (Phi) is 22.0. The van der Waals surface area contributed by atoms with Crippen LogP contribution in [0.2, 0.25) is 0 Å².